The number of ketones is 2. The molecule has 2 aliphatic carbocycles. The number of carbonyl (C=O) groups excluding carboxylic acids is 2. The molecule has 13 heteroatoms. The summed E-state index contributed by atoms with van der Waals surface area (Å²) >= 11 is 0. The van der Waals surface area contributed by atoms with Crippen LogP contribution in [0.25, 0.3) is 0 Å². The largest absolute Gasteiger partial charge is 0.507 e. The van der Waals surface area contributed by atoms with Gasteiger partial charge in [0.2, 0.25) is 11.6 Å². The molecule has 4 aromatic rings. The number of aromatic hydroxyl groups is 4. The summed E-state index contributed by atoms with van der Waals surface area (Å²) in [5.41, 5.74) is -7.79. The lowest BCUT2D eigenvalue weighted by Crippen LogP contribution is -2.65. The summed E-state index contributed by atoms with van der Waals surface area (Å²) in [5, 5.41) is 113. The molecule has 7 atom stereocenters. The molecule has 4 aromatic carbocycles. The van der Waals surface area contributed by atoms with Crippen LogP contribution < -0.4 is 0 Å². The van der Waals surface area contributed by atoms with E-state index in [4.69, 9.17) is 4.74 Å². The zero-order valence-corrected chi connectivity index (χ0v) is 26.0. The summed E-state index contributed by atoms with van der Waals surface area (Å²) in [4.78, 5) is 28.0. The topological polar surface area (TPSA) is 246 Å². The number of aryl methyl sites for hydroxylation is 2. The van der Waals surface area contributed by atoms with Crippen LogP contribution in [0.4, 0.5) is 0 Å². The van der Waals surface area contributed by atoms with Gasteiger partial charge in [-0.15, -0.1) is 0 Å². The van der Waals surface area contributed by atoms with E-state index in [1.807, 2.05) is 0 Å². The first-order valence-corrected chi connectivity index (χ1v) is 15.3. The van der Waals surface area contributed by atoms with Crippen LogP contribution in [0.3, 0.4) is 0 Å². The van der Waals surface area contributed by atoms with E-state index in [9.17, 15) is 60.7 Å². The van der Waals surface area contributed by atoms with Gasteiger partial charge in [-0.25, -0.2) is 0 Å². The van der Waals surface area contributed by atoms with Gasteiger partial charge in [0, 0.05) is 27.8 Å². The van der Waals surface area contributed by atoms with Crippen molar-refractivity contribution in [3.8, 4) is 23.0 Å². The van der Waals surface area contributed by atoms with Crippen LogP contribution in [0.1, 0.15) is 70.8 Å². The standard InChI is InChI=1S/C36H32O13/c1-13-8-18-25(21(39)10-13)30(43)24-15(4-3-5-20(24)38)35(18,47)17-7-6-16-27(28(17)41)31(44)26-19(9-14(2)11-22(26)40)36(16,48)34-33(46)32(45)29(42)23(12-37)49-34/h3-11,23,29,32-34,37-42,45-48H,12H2,1-2H3/t23-,29-,32+,33-,34-,35+,36+/m1/s1. The minimum Gasteiger partial charge on any atom is -0.507 e. The monoisotopic (exact) mass is 672 g/mol. The first-order valence-electron chi connectivity index (χ1n) is 15.3. The maximum atomic E-state index is 14.3. The minimum atomic E-state index is -2.65. The van der Waals surface area contributed by atoms with Gasteiger partial charge in [-0.05, 0) is 43.2 Å². The first kappa shape index (κ1) is 32.7. The van der Waals surface area contributed by atoms with Gasteiger partial charge in [-0.1, -0.05) is 36.4 Å². The number of fused-ring (bicyclic) bond motifs is 4. The van der Waals surface area contributed by atoms with Crippen LogP contribution in [0, 0.1) is 13.8 Å². The highest BCUT2D eigenvalue weighted by Crippen LogP contribution is 2.55. The van der Waals surface area contributed by atoms with Crippen LogP contribution >= 0.6 is 0 Å². The molecule has 0 amide bonds. The fourth-order valence-electron chi connectivity index (χ4n) is 7.69. The van der Waals surface area contributed by atoms with Crippen LogP contribution in [-0.2, 0) is 15.9 Å². The Bertz CT molecular complexity index is 2110. The number of hydrogen-bond donors (Lipinski definition) is 10. The first-order chi connectivity index (χ1) is 23.1. The molecule has 13 nitrogen and oxygen atoms in total. The van der Waals surface area contributed by atoms with Crippen molar-refractivity contribution in [2.24, 2.45) is 0 Å². The molecule has 254 valence electrons. The molecule has 10 N–H and O–H groups in total. The third kappa shape index (κ3) is 4.18. The summed E-state index contributed by atoms with van der Waals surface area (Å²) in [7, 11) is 0. The molecule has 1 fully saturated rings. The predicted octanol–water partition coefficient (Wildman–Crippen LogP) is 0.577. The Balaban J connectivity index is 1.56. The summed E-state index contributed by atoms with van der Waals surface area (Å²) in [6.45, 7) is 2.29. The summed E-state index contributed by atoms with van der Waals surface area (Å²) < 4.78 is 5.78. The Morgan fingerprint density at radius 3 is 1.82 bits per heavy atom. The number of carbonyl (C=O) groups is 2. The highest BCUT2D eigenvalue weighted by Gasteiger charge is 2.59. The smallest absolute Gasteiger partial charge is 0.201 e. The van der Waals surface area contributed by atoms with E-state index in [2.05, 4.69) is 0 Å². The molecule has 0 saturated carbocycles. The molecule has 49 heavy (non-hydrogen) atoms. The van der Waals surface area contributed by atoms with Gasteiger partial charge in [0.1, 0.15) is 64.7 Å². The second kappa shape index (κ2) is 10.8. The zero-order chi connectivity index (χ0) is 35.5. The average Bonchev–Trinajstić information content (AvgIpc) is 3.04. The number of rotatable bonds is 3. The fraction of sp³-hybridized carbons (Fsp3) is 0.278. The molecule has 1 aliphatic heterocycles. The molecule has 0 bridgehead atoms. The number of benzene rings is 4. The maximum absolute atomic E-state index is 14.3. The summed E-state index contributed by atoms with van der Waals surface area (Å²) in [5.74, 6) is -4.45. The van der Waals surface area contributed by atoms with Crippen molar-refractivity contribution in [1.29, 1.82) is 0 Å². The van der Waals surface area contributed by atoms with Crippen molar-refractivity contribution < 1.29 is 65.4 Å². The van der Waals surface area contributed by atoms with Gasteiger partial charge in [0.15, 0.2) is 0 Å². The Labute approximate surface area is 277 Å². The lowest BCUT2D eigenvalue weighted by Gasteiger charge is -2.49. The molecular weight excluding hydrogens is 640 g/mol. The lowest BCUT2D eigenvalue weighted by molar-refractivity contribution is -0.265. The number of aliphatic hydroxyl groups excluding tert-OH is 4. The van der Waals surface area contributed by atoms with Gasteiger partial charge < -0.3 is 55.8 Å². The van der Waals surface area contributed by atoms with Crippen LogP contribution in [0.15, 0.2) is 54.6 Å². The maximum Gasteiger partial charge on any atom is 0.201 e. The van der Waals surface area contributed by atoms with E-state index in [0.717, 1.165) is 12.1 Å². The van der Waals surface area contributed by atoms with Gasteiger partial charge in [-0.2, -0.15) is 0 Å². The Hall–Kier alpha value is -4.86. The second-order valence-electron chi connectivity index (χ2n) is 12.9. The van der Waals surface area contributed by atoms with Crippen molar-refractivity contribution in [2.75, 3.05) is 6.61 Å². The molecule has 1 heterocycles. The van der Waals surface area contributed by atoms with Crippen LogP contribution in [0.2, 0.25) is 0 Å². The van der Waals surface area contributed by atoms with Gasteiger partial charge in [0.05, 0.1) is 28.9 Å². The Kier molecular flexibility index (Phi) is 7.22. The number of phenolic OH excluding ortho intramolecular Hbond substituents is 4. The number of hydrogen-bond acceptors (Lipinski definition) is 13. The quantitative estimate of drug-likeness (QED) is 0.143. The molecule has 0 radical (unpaired) electrons. The normalized spacial score (nSPS) is 28.8. The van der Waals surface area contributed by atoms with Gasteiger partial charge in [-0.3, -0.25) is 9.59 Å². The number of aliphatic hydroxyl groups is 6. The van der Waals surface area contributed by atoms with Gasteiger partial charge in [0.25, 0.3) is 0 Å². The van der Waals surface area contributed by atoms with Crippen molar-refractivity contribution >= 4 is 11.6 Å². The van der Waals surface area contributed by atoms with E-state index >= 15 is 0 Å². The van der Waals surface area contributed by atoms with E-state index in [0.29, 0.717) is 11.1 Å². The summed E-state index contributed by atoms with van der Waals surface area (Å²) in [6, 6.07) is 11.4. The van der Waals surface area contributed by atoms with E-state index in [1.165, 1.54) is 42.5 Å². The Morgan fingerprint density at radius 2 is 1.18 bits per heavy atom. The van der Waals surface area contributed by atoms with E-state index in [1.54, 1.807) is 13.8 Å². The van der Waals surface area contributed by atoms with E-state index in [-0.39, 0.29) is 33.4 Å². The molecule has 3 aliphatic rings. The molecule has 7 rings (SSSR count). The van der Waals surface area contributed by atoms with Crippen molar-refractivity contribution in [3.63, 3.8) is 0 Å². The summed E-state index contributed by atoms with van der Waals surface area (Å²) in [6.07, 6.45) is -9.19. The lowest BCUT2D eigenvalue weighted by atomic mass is 9.65. The average molecular weight is 673 g/mol. The van der Waals surface area contributed by atoms with Crippen molar-refractivity contribution in [2.45, 2.75) is 55.6 Å². The predicted molar refractivity (Wildman–Crippen MR) is 168 cm³/mol. The molecule has 0 unspecified atom stereocenters. The Morgan fingerprint density at radius 1 is 0.633 bits per heavy atom. The molecule has 1 saturated heterocycles. The molecular formula is C36H32O13. The number of phenols is 4. The van der Waals surface area contributed by atoms with Crippen LogP contribution in [-0.4, -0.2) is 99.8 Å². The molecule has 0 spiro atoms. The van der Waals surface area contributed by atoms with E-state index < -0.39 is 99.6 Å². The van der Waals surface area contributed by atoms with Gasteiger partial charge >= 0.3 is 0 Å². The fourth-order valence-corrected chi connectivity index (χ4v) is 7.69. The van der Waals surface area contributed by atoms with Crippen molar-refractivity contribution in [3.05, 3.63) is 116 Å². The van der Waals surface area contributed by atoms with Crippen LogP contribution in [0.5, 0.6) is 23.0 Å². The SMILES string of the molecule is Cc1cc(O)c2c(c1)[C@@](O)(c1ccc3c(c1O)C(=O)c1c(O)cc(C)cc1[C@]3(O)[C@@H]1O[C@H](CO)[C@@H](O)[C@H](O)[C@H]1O)c1cccc(O)c1C2=O. The highest BCUT2D eigenvalue weighted by molar-refractivity contribution is 6.18. The highest BCUT2D eigenvalue weighted by atomic mass is 16.6. The number of ether oxygens (including phenoxy) is 1. The second-order valence-corrected chi connectivity index (χ2v) is 12.9. The third-order valence-electron chi connectivity index (χ3n) is 9.95. The third-order valence-corrected chi connectivity index (χ3v) is 9.95. The molecule has 0 aromatic heterocycles. The minimum absolute atomic E-state index is 0.185. The van der Waals surface area contributed by atoms with Crippen molar-refractivity contribution in [1.82, 2.24) is 0 Å². The zero-order valence-electron chi connectivity index (χ0n) is 26.0.